The highest BCUT2D eigenvalue weighted by atomic mass is 16.3. The Morgan fingerprint density at radius 3 is 2.88 bits per heavy atom. The SMILES string of the molecule is CNC(c1ccc2c(c1)CC(=O)N2)C(C)O. The van der Waals surface area contributed by atoms with Crippen molar-refractivity contribution < 1.29 is 9.90 Å². The van der Waals surface area contributed by atoms with E-state index < -0.39 is 6.10 Å². The number of hydrogen-bond donors (Lipinski definition) is 3. The predicted molar refractivity (Wildman–Crippen MR) is 62.3 cm³/mol. The van der Waals surface area contributed by atoms with Crippen LogP contribution in [0.3, 0.4) is 0 Å². The Hall–Kier alpha value is -1.39. The Balaban J connectivity index is 2.31. The van der Waals surface area contributed by atoms with Crippen LogP contribution in [0, 0.1) is 0 Å². The van der Waals surface area contributed by atoms with Crippen molar-refractivity contribution in [3.63, 3.8) is 0 Å². The number of hydrogen-bond acceptors (Lipinski definition) is 3. The summed E-state index contributed by atoms with van der Waals surface area (Å²) < 4.78 is 0. The van der Waals surface area contributed by atoms with Crippen LogP contribution >= 0.6 is 0 Å². The minimum Gasteiger partial charge on any atom is -0.391 e. The van der Waals surface area contributed by atoms with E-state index >= 15 is 0 Å². The van der Waals surface area contributed by atoms with Crippen molar-refractivity contribution in [1.29, 1.82) is 0 Å². The molecule has 2 rings (SSSR count). The van der Waals surface area contributed by atoms with Gasteiger partial charge in [0.2, 0.25) is 5.91 Å². The van der Waals surface area contributed by atoms with Gasteiger partial charge in [-0.1, -0.05) is 12.1 Å². The first kappa shape index (κ1) is 11.1. The van der Waals surface area contributed by atoms with Crippen LogP contribution in [-0.2, 0) is 11.2 Å². The van der Waals surface area contributed by atoms with Crippen LogP contribution in [0.1, 0.15) is 24.1 Å². The molecule has 0 spiro atoms. The molecule has 1 aromatic carbocycles. The number of aliphatic hydroxyl groups excluding tert-OH is 1. The molecule has 1 aliphatic heterocycles. The number of fused-ring (bicyclic) bond motifs is 1. The summed E-state index contributed by atoms with van der Waals surface area (Å²) in [4.78, 5) is 11.2. The second-order valence-electron chi connectivity index (χ2n) is 4.15. The first-order valence-corrected chi connectivity index (χ1v) is 5.40. The Labute approximate surface area is 94.7 Å². The molecule has 0 saturated carbocycles. The van der Waals surface area contributed by atoms with E-state index in [0.717, 1.165) is 16.8 Å². The molecule has 0 radical (unpaired) electrons. The van der Waals surface area contributed by atoms with E-state index in [1.54, 1.807) is 6.92 Å². The highest BCUT2D eigenvalue weighted by Crippen LogP contribution is 2.27. The first-order valence-electron chi connectivity index (χ1n) is 5.40. The lowest BCUT2D eigenvalue weighted by Crippen LogP contribution is -2.27. The fourth-order valence-electron chi connectivity index (χ4n) is 2.13. The van der Waals surface area contributed by atoms with Gasteiger partial charge in [-0.25, -0.2) is 0 Å². The van der Waals surface area contributed by atoms with Crippen LogP contribution in [0.4, 0.5) is 5.69 Å². The van der Waals surface area contributed by atoms with Crippen LogP contribution < -0.4 is 10.6 Å². The number of nitrogens with one attached hydrogen (secondary N) is 2. The molecule has 1 amide bonds. The minimum atomic E-state index is -0.465. The summed E-state index contributed by atoms with van der Waals surface area (Å²) in [5.41, 5.74) is 2.89. The molecule has 4 heteroatoms. The van der Waals surface area contributed by atoms with Gasteiger partial charge < -0.3 is 15.7 Å². The number of likely N-dealkylation sites (N-methyl/N-ethyl adjacent to an activating group) is 1. The van der Waals surface area contributed by atoms with Crippen molar-refractivity contribution in [1.82, 2.24) is 5.32 Å². The van der Waals surface area contributed by atoms with Crippen molar-refractivity contribution >= 4 is 11.6 Å². The third-order valence-electron chi connectivity index (χ3n) is 2.91. The zero-order valence-corrected chi connectivity index (χ0v) is 9.45. The van der Waals surface area contributed by atoms with Crippen molar-refractivity contribution in [2.75, 3.05) is 12.4 Å². The van der Waals surface area contributed by atoms with E-state index in [2.05, 4.69) is 10.6 Å². The van der Waals surface area contributed by atoms with Crippen molar-refractivity contribution in [3.05, 3.63) is 29.3 Å². The van der Waals surface area contributed by atoms with Gasteiger partial charge in [0.15, 0.2) is 0 Å². The fourth-order valence-corrected chi connectivity index (χ4v) is 2.13. The number of aliphatic hydroxyl groups is 1. The van der Waals surface area contributed by atoms with Gasteiger partial charge in [0.25, 0.3) is 0 Å². The van der Waals surface area contributed by atoms with Crippen LogP contribution in [0.5, 0.6) is 0 Å². The summed E-state index contributed by atoms with van der Waals surface area (Å²) in [6.45, 7) is 1.75. The minimum absolute atomic E-state index is 0.0326. The van der Waals surface area contributed by atoms with Crippen molar-refractivity contribution in [2.24, 2.45) is 0 Å². The quantitative estimate of drug-likeness (QED) is 0.707. The second kappa shape index (κ2) is 4.23. The standard InChI is InChI=1S/C12H16N2O2/c1-7(15)12(13-2)8-3-4-10-9(5-8)6-11(16)14-10/h3-5,7,12-13,15H,6H2,1-2H3,(H,14,16). The lowest BCUT2D eigenvalue weighted by atomic mass is 9.99. The summed E-state index contributed by atoms with van der Waals surface area (Å²) >= 11 is 0. The van der Waals surface area contributed by atoms with Crippen molar-refractivity contribution in [3.8, 4) is 0 Å². The normalized spacial score (nSPS) is 17.8. The van der Waals surface area contributed by atoms with Crippen molar-refractivity contribution in [2.45, 2.75) is 25.5 Å². The molecule has 0 fully saturated rings. The van der Waals surface area contributed by atoms with E-state index in [1.807, 2.05) is 25.2 Å². The third kappa shape index (κ3) is 1.94. The summed E-state index contributed by atoms with van der Waals surface area (Å²) in [5.74, 6) is 0.0326. The largest absolute Gasteiger partial charge is 0.391 e. The molecule has 1 heterocycles. The molecular formula is C12H16N2O2. The smallest absolute Gasteiger partial charge is 0.228 e. The highest BCUT2D eigenvalue weighted by molar-refractivity contribution is 5.99. The number of benzene rings is 1. The Morgan fingerprint density at radius 1 is 1.50 bits per heavy atom. The van der Waals surface area contributed by atoms with Gasteiger partial charge in [0, 0.05) is 5.69 Å². The zero-order chi connectivity index (χ0) is 11.7. The van der Waals surface area contributed by atoms with E-state index in [1.165, 1.54) is 0 Å². The third-order valence-corrected chi connectivity index (χ3v) is 2.91. The molecule has 0 aliphatic carbocycles. The summed E-state index contributed by atoms with van der Waals surface area (Å²) in [6, 6.07) is 5.70. The number of carbonyl (C=O) groups is 1. The Bertz CT molecular complexity index is 415. The molecule has 0 bridgehead atoms. The monoisotopic (exact) mass is 220 g/mol. The van der Waals surface area contributed by atoms with Crippen LogP contribution in [0.15, 0.2) is 18.2 Å². The van der Waals surface area contributed by atoms with Crippen LogP contribution in [0.2, 0.25) is 0 Å². The van der Waals surface area contributed by atoms with E-state index in [4.69, 9.17) is 0 Å². The van der Waals surface area contributed by atoms with E-state index in [-0.39, 0.29) is 11.9 Å². The van der Waals surface area contributed by atoms with E-state index in [0.29, 0.717) is 6.42 Å². The molecule has 86 valence electrons. The summed E-state index contributed by atoms with van der Waals surface area (Å²) in [7, 11) is 1.81. The van der Waals surface area contributed by atoms with Gasteiger partial charge in [-0.2, -0.15) is 0 Å². The molecule has 0 aromatic heterocycles. The number of carbonyl (C=O) groups excluding carboxylic acids is 1. The van der Waals surface area contributed by atoms with Gasteiger partial charge in [-0.05, 0) is 31.2 Å². The van der Waals surface area contributed by atoms with Gasteiger partial charge in [0.1, 0.15) is 0 Å². The molecule has 0 saturated heterocycles. The Kier molecular flexibility index (Phi) is 2.94. The van der Waals surface area contributed by atoms with Gasteiger partial charge in [-0.3, -0.25) is 4.79 Å². The molecule has 16 heavy (non-hydrogen) atoms. The summed E-state index contributed by atoms with van der Waals surface area (Å²) in [6.07, 6.45) is -0.0347. The fraction of sp³-hybridized carbons (Fsp3) is 0.417. The average molecular weight is 220 g/mol. The summed E-state index contributed by atoms with van der Waals surface area (Å²) in [5, 5.41) is 15.5. The molecule has 2 atom stereocenters. The highest BCUT2D eigenvalue weighted by Gasteiger charge is 2.21. The molecular weight excluding hydrogens is 204 g/mol. The van der Waals surface area contributed by atoms with E-state index in [9.17, 15) is 9.90 Å². The number of rotatable bonds is 3. The average Bonchev–Trinajstić information content (AvgIpc) is 2.57. The topological polar surface area (TPSA) is 61.4 Å². The zero-order valence-electron chi connectivity index (χ0n) is 9.45. The van der Waals surface area contributed by atoms with Gasteiger partial charge >= 0.3 is 0 Å². The maximum atomic E-state index is 11.2. The number of amides is 1. The maximum Gasteiger partial charge on any atom is 0.228 e. The Morgan fingerprint density at radius 2 is 2.25 bits per heavy atom. The lowest BCUT2D eigenvalue weighted by Gasteiger charge is -2.20. The first-order chi connectivity index (χ1) is 7.61. The molecule has 4 nitrogen and oxygen atoms in total. The molecule has 2 unspecified atom stereocenters. The van der Waals surface area contributed by atoms with Crippen LogP contribution in [0.25, 0.3) is 0 Å². The molecule has 1 aliphatic rings. The maximum absolute atomic E-state index is 11.2. The lowest BCUT2D eigenvalue weighted by molar-refractivity contribution is -0.115. The number of anilines is 1. The molecule has 1 aromatic rings. The van der Waals surface area contributed by atoms with Gasteiger partial charge in [0.05, 0.1) is 18.6 Å². The predicted octanol–water partition coefficient (Wildman–Crippen LogP) is 0.822. The van der Waals surface area contributed by atoms with Gasteiger partial charge in [-0.15, -0.1) is 0 Å². The van der Waals surface area contributed by atoms with Crippen LogP contribution in [-0.4, -0.2) is 24.2 Å². The second-order valence-corrected chi connectivity index (χ2v) is 4.15. The molecule has 3 N–H and O–H groups in total.